The van der Waals surface area contributed by atoms with Crippen LogP contribution in [0.4, 0.5) is 0 Å². The van der Waals surface area contributed by atoms with E-state index in [1.807, 2.05) is 84.4 Å². The van der Waals surface area contributed by atoms with Crippen molar-refractivity contribution < 1.29 is 14.6 Å². The first kappa shape index (κ1) is 25.5. The summed E-state index contributed by atoms with van der Waals surface area (Å²) in [6, 6.07) is 28.0. The molecule has 0 saturated carbocycles. The van der Waals surface area contributed by atoms with Gasteiger partial charge in [-0.05, 0) is 43.2 Å². The lowest BCUT2D eigenvalue weighted by molar-refractivity contribution is 0.0965. The largest absolute Gasteiger partial charge is 0.493 e. The Morgan fingerprint density at radius 3 is 2.19 bits per heavy atom. The van der Waals surface area contributed by atoms with Crippen LogP contribution in [0.15, 0.2) is 84.9 Å². The molecule has 1 aromatic heterocycles. The summed E-state index contributed by atoms with van der Waals surface area (Å²) in [6.07, 6.45) is 1.30. The normalized spacial score (nSPS) is 12.0. The maximum atomic E-state index is 10.7. The molecule has 0 aliphatic heterocycles. The second-order valence-electron chi connectivity index (χ2n) is 8.97. The van der Waals surface area contributed by atoms with E-state index in [2.05, 4.69) is 24.0 Å². The van der Waals surface area contributed by atoms with Gasteiger partial charge in [0.25, 0.3) is 0 Å². The quantitative estimate of drug-likeness (QED) is 0.261. The molecule has 3 aromatic carbocycles. The number of aliphatic hydroxyl groups is 1. The Kier molecular flexibility index (Phi) is 8.76. The Labute approximate surface area is 213 Å². The third kappa shape index (κ3) is 6.33. The predicted molar refractivity (Wildman–Crippen MR) is 143 cm³/mol. The number of ether oxygens (including phenoxy) is 2. The zero-order valence-electron chi connectivity index (χ0n) is 21.3. The Bertz CT molecular complexity index is 1220. The van der Waals surface area contributed by atoms with Crippen LogP contribution in [0.5, 0.6) is 17.4 Å². The molecule has 0 amide bonds. The number of aliphatic hydroxyl groups excluding tert-OH is 1. The highest BCUT2D eigenvalue weighted by molar-refractivity contribution is 5.47. The van der Waals surface area contributed by atoms with Crippen molar-refractivity contribution in [3.05, 3.63) is 102 Å². The van der Waals surface area contributed by atoms with Crippen LogP contribution in [0.2, 0.25) is 0 Å². The van der Waals surface area contributed by atoms with E-state index in [0.717, 1.165) is 29.8 Å². The van der Waals surface area contributed by atoms with E-state index in [9.17, 15) is 5.11 Å². The number of benzene rings is 3. The lowest BCUT2D eigenvalue weighted by Crippen LogP contribution is -2.32. The van der Waals surface area contributed by atoms with Crippen LogP contribution >= 0.6 is 0 Å². The van der Waals surface area contributed by atoms with E-state index in [4.69, 9.17) is 14.6 Å². The number of methoxy groups -OCH3 is 1. The van der Waals surface area contributed by atoms with Crippen LogP contribution in [0, 0.1) is 6.92 Å². The van der Waals surface area contributed by atoms with Crippen LogP contribution in [0.1, 0.15) is 36.6 Å². The predicted octanol–water partition coefficient (Wildman–Crippen LogP) is 6.14. The van der Waals surface area contributed by atoms with Crippen LogP contribution in [-0.4, -0.2) is 39.5 Å². The summed E-state index contributed by atoms with van der Waals surface area (Å²) in [5.74, 6) is 1.92. The van der Waals surface area contributed by atoms with Crippen LogP contribution in [0.3, 0.4) is 0 Å². The van der Waals surface area contributed by atoms with E-state index in [-0.39, 0.29) is 0 Å². The summed E-state index contributed by atoms with van der Waals surface area (Å²) < 4.78 is 13.9. The summed E-state index contributed by atoms with van der Waals surface area (Å²) in [5.41, 5.74) is 3.97. The molecular weight excluding hydrogens is 450 g/mol. The molecule has 0 fully saturated rings. The second kappa shape index (κ2) is 12.4. The molecule has 0 radical (unpaired) electrons. The molecule has 1 N–H and O–H groups in total. The Morgan fingerprint density at radius 1 is 0.889 bits per heavy atom. The fraction of sp³-hybridized carbons (Fsp3) is 0.300. The first-order valence-corrected chi connectivity index (χ1v) is 12.5. The van der Waals surface area contributed by atoms with E-state index in [1.54, 1.807) is 7.11 Å². The molecule has 4 rings (SSSR count). The van der Waals surface area contributed by atoms with E-state index in [1.165, 1.54) is 5.56 Å². The minimum atomic E-state index is -0.401. The van der Waals surface area contributed by atoms with E-state index in [0.29, 0.717) is 37.0 Å². The SMILES string of the molecule is CCC[C@@H](O)CN(Cc1ccccc1)Cc1c(C)nn(-c2ccccc2)c1Oc1ccccc1OC. The standard InChI is InChI=1S/C30H35N3O3/c1-4-13-26(34)21-32(20-24-14-7-5-8-15-24)22-27-23(2)31-33(25-16-9-6-10-17-25)30(27)36-29-19-12-11-18-28(29)35-3/h5-12,14-19,26,34H,4,13,20-22H2,1-3H3/t26-/m1/s1. The van der Waals surface area contributed by atoms with Gasteiger partial charge in [0.15, 0.2) is 11.5 Å². The van der Waals surface area contributed by atoms with Crippen molar-refractivity contribution in [3.8, 4) is 23.1 Å². The van der Waals surface area contributed by atoms with Gasteiger partial charge >= 0.3 is 0 Å². The average molecular weight is 486 g/mol. The van der Waals surface area contributed by atoms with Gasteiger partial charge in [-0.3, -0.25) is 4.90 Å². The Hall–Kier alpha value is -3.61. The fourth-order valence-corrected chi connectivity index (χ4v) is 4.35. The molecule has 0 saturated heterocycles. The highest BCUT2D eigenvalue weighted by Crippen LogP contribution is 2.36. The molecule has 0 aliphatic rings. The molecular formula is C30H35N3O3. The van der Waals surface area contributed by atoms with Crippen molar-refractivity contribution in [1.82, 2.24) is 14.7 Å². The number of rotatable bonds is 12. The summed E-state index contributed by atoms with van der Waals surface area (Å²) >= 11 is 0. The summed E-state index contributed by atoms with van der Waals surface area (Å²) in [5, 5.41) is 15.6. The molecule has 6 heteroatoms. The first-order valence-electron chi connectivity index (χ1n) is 12.5. The van der Waals surface area contributed by atoms with Gasteiger partial charge in [0.05, 0.1) is 30.2 Å². The maximum Gasteiger partial charge on any atom is 0.227 e. The van der Waals surface area contributed by atoms with E-state index >= 15 is 0 Å². The molecule has 0 bridgehead atoms. The van der Waals surface area contributed by atoms with Gasteiger partial charge in [0.2, 0.25) is 5.88 Å². The first-order chi connectivity index (χ1) is 17.6. The third-order valence-corrected chi connectivity index (χ3v) is 6.14. The minimum absolute atomic E-state index is 0.401. The molecule has 4 aromatic rings. The van der Waals surface area contributed by atoms with Crippen LogP contribution in [-0.2, 0) is 13.1 Å². The molecule has 0 spiro atoms. The molecule has 1 atom stereocenters. The lowest BCUT2D eigenvalue weighted by Gasteiger charge is -2.25. The number of nitrogens with zero attached hydrogens (tertiary/aromatic N) is 3. The summed E-state index contributed by atoms with van der Waals surface area (Å²) in [7, 11) is 1.64. The van der Waals surface area contributed by atoms with Gasteiger partial charge in [-0.2, -0.15) is 5.10 Å². The van der Waals surface area contributed by atoms with Gasteiger partial charge < -0.3 is 14.6 Å². The number of aromatic nitrogens is 2. The number of para-hydroxylation sites is 3. The number of hydrogen-bond acceptors (Lipinski definition) is 5. The third-order valence-electron chi connectivity index (χ3n) is 6.14. The number of hydrogen-bond donors (Lipinski definition) is 1. The van der Waals surface area contributed by atoms with Gasteiger partial charge in [-0.1, -0.05) is 74.0 Å². The minimum Gasteiger partial charge on any atom is -0.493 e. The Morgan fingerprint density at radius 2 is 1.53 bits per heavy atom. The molecule has 1 heterocycles. The van der Waals surface area contributed by atoms with Crippen LogP contribution in [0.25, 0.3) is 5.69 Å². The molecule has 0 unspecified atom stereocenters. The van der Waals surface area contributed by atoms with Gasteiger partial charge in [-0.15, -0.1) is 0 Å². The second-order valence-corrected chi connectivity index (χ2v) is 8.97. The topological polar surface area (TPSA) is 59.8 Å². The van der Waals surface area contributed by atoms with Gasteiger partial charge in [0.1, 0.15) is 0 Å². The molecule has 36 heavy (non-hydrogen) atoms. The average Bonchev–Trinajstić information content (AvgIpc) is 3.20. The zero-order chi connectivity index (χ0) is 25.3. The van der Waals surface area contributed by atoms with Gasteiger partial charge in [-0.25, -0.2) is 4.68 Å². The Balaban J connectivity index is 1.74. The zero-order valence-corrected chi connectivity index (χ0v) is 21.3. The fourth-order valence-electron chi connectivity index (χ4n) is 4.35. The van der Waals surface area contributed by atoms with Crippen molar-refractivity contribution in [2.75, 3.05) is 13.7 Å². The van der Waals surface area contributed by atoms with Crippen molar-refractivity contribution >= 4 is 0 Å². The molecule has 188 valence electrons. The monoisotopic (exact) mass is 485 g/mol. The maximum absolute atomic E-state index is 10.7. The van der Waals surface area contributed by atoms with Crippen LogP contribution < -0.4 is 9.47 Å². The van der Waals surface area contributed by atoms with Crippen molar-refractivity contribution in [2.24, 2.45) is 0 Å². The summed E-state index contributed by atoms with van der Waals surface area (Å²) in [4.78, 5) is 2.27. The van der Waals surface area contributed by atoms with Crippen molar-refractivity contribution in [1.29, 1.82) is 0 Å². The lowest BCUT2D eigenvalue weighted by atomic mass is 10.1. The van der Waals surface area contributed by atoms with Crippen molar-refractivity contribution in [3.63, 3.8) is 0 Å². The number of aryl methyl sites for hydroxylation is 1. The highest BCUT2D eigenvalue weighted by atomic mass is 16.5. The van der Waals surface area contributed by atoms with Gasteiger partial charge in [0, 0.05) is 19.6 Å². The molecule has 6 nitrogen and oxygen atoms in total. The van der Waals surface area contributed by atoms with Crippen molar-refractivity contribution in [2.45, 2.75) is 45.9 Å². The summed E-state index contributed by atoms with van der Waals surface area (Å²) in [6.45, 7) is 5.96. The molecule has 0 aliphatic carbocycles. The van der Waals surface area contributed by atoms with E-state index < -0.39 is 6.10 Å². The smallest absolute Gasteiger partial charge is 0.227 e. The highest BCUT2D eigenvalue weighted by Gasteiger charge is 2.23.